The van der Waals surface area contributed by atoms with Crippen LogP contribution in [0.15, 0.2) is 267 Å². The summed E-state index contributed by atoms with van der Waals surface area (Å²) in [5, 5.41) is 5.18. The summed E-state index contributed by atoms with van der Waals surface area (Å²) >= 11 is 1.87. The van der Waals surface area contributed by atoms with Crippen molar-refractivity contribution in [2.45, 2.75) is 5.41 Å². The number of hydrogen-bond acceptors (Lipinski definition) is 2. The van der Waals surface area contributed by atoms with Gasteiger partial charge in [-0.1, -0.05) is 194 Å². The van der Waals surface area contributed by atoms with Crippen molar-refractivity contribution in [2.24, 2.45) is 0 Å². The van der Waals surface area contributed by atoms with Crippen LogP contribution in [0.4, 0.5) is 17.1 Å². The van der Waals surface area contributed by atoms with E-state index in [-0.39, 0.29) is 0 Å². The van der Waals surface area contributed by atoms with Gasteiger partial charge in [0.05, 0.1) is 16.4 Å². The van der Waals surface area contributed by atoms with Gasteiger partial charge in [0.2, 0.25) is 0 Å². The van der Waals surface area contributed by atoms with Crippen LogP contribution in [0.5, 0.6) is 0 Å². The highest BCUT2D eigenvalue weighted by atomic mass is 32.1. The molecule has 0 unspecified atom stereocenters. The van der Waals surface area contributed by atoms with E-state index in [1.807, 2.05) is 11.3 Å². The lowest BCUT2D eigenvalue weighted by Gasteiger charge is -2.34. The van der Waals surface area contributed by atoms with Gasteiger partial charge in [0, 0.05) is 53.7 Å². The van der Waals surface area contributed by atoms with E-state index >= 15 is 0 Å². The number of benzene rings is 11. The van der Waals surface area contributed by atoms with Gasteiger partial charge >= 0.3 is 0 Å². The molecule has 0 fully saturated rings. The third-order valence-corrected chi connectivity index (χ3v) is 15.8. The number of rotatable bonds is 8. The molecule has 0 N–H and O–H groups in total. The number of fused-ring (bicyclic) bond motifs is 9. The maximum Gasteiger partial charge on any atom is 0.0713 e. The second-order valence-electron chi connectivity index (χ2n) is 18.4. The lowest BCUT2D eigenvalue weighted by atomic mass is 9.68. The van der Waals surface area contributed by atoms with Crippen LogP contribution in [-0.2, 0) is 5.41 Å². The average Bonchev–Trinajstić information content (AvgIpc) is 4.08. The molecule has 328 valence electrons. The Labute approximate surface area is 411 Å². The summed E-state index contributed by atoms with van der Waals surface area (Å²) in [6, 6.07) is 98.5. The maximum absolute atomic E-state index is 2.42. The van der Waals surface area contributed by atoms with Gasteiger partial charge in [-0.15, -0.1) is 11.3 Å². The number of aromatic nitrogens is 1. The quantitative estimate of drug-likeness (QED) is 0.147. The molecule has 14 rings (SSSR count). The van der Waals surface area contributed by atoms with Crippen molar-refractivity contribution in [3.8, 4) is 39.1 Å². The molecule has 13 aromatic rings. The highest BCUT2D eigenvalue weighted by molar-refractivity contribution is 7.25. The minimum Gasteiger partial charge on any atom is -0.310 e. The third kappa shape index (κ3) is 6.25. The standard InChI is InChI=1S/C67H44N2S/c1-3-15-49(16-4-1)67(50-17-5-2-6-18-50)61-23-11-7-19-55(61)60-44-54(40-42-62(60)67)68(52-36-31-47(32-37-52)48-33-41-59-58-22-10-14-26-65(58)70-66(59)43-48)51-34-27-45(28-35-51)46-29-38-53(39-30-46)69-63-24-12-8-20-56(63)57-21-9-13-25-64(57)69/h1-44H. The predicted octanol–water partition coefficient (Wildman–Crippen LogP) is 18.3. The molecular formula is C67H44N2S. The Morgan fingerprint density at radius 3 is 1.43 bits per heavy atom. The van der Waals surface area contributed by atoms with E-state index < -0.39 is 5.41 Å². The fourth-order valence-electron chi connectivity index (χ4n) is 11.5. The molecule has 2 heterocycles. The Bertz CT molecular complexity index is 4000. The molecule has 1 aliphatic rings. The van der Waals surface area contributed by atoms with Crippen molar-refractivity contribution in [3.05, 3.63) is 289 Å². The highest BCUT2D eigenvalue weighted by Crippen LogP contribution is 2.57. The Kier molecular flexibility index (Phi) is 9.33. The number of anilines is 3. The van der Waals surface area contributed by atoms with Gasteiger partial charge in [-0.05, 0) is 128 Å². The van der Waals surface area contributed by atoms with Crippen LogP contribution in [0, 0.1) is 0 Å². The van der Waals surface area contributed by atoms with Crippen LogP contribution in [0.2, 0.25) is 0 Å². The number of para-hydroxylation sites is 2. The van der Waals surface area contributed by atoms with Crippen LogP contribution in [-0.4, -0.2) is 4.57 Å². The smallest absolute Gasteiger partial charge is 0.0713 e. The molecule has 0 spiro atoms. The third-order valence-electron chi connectivity index (χ3n) is 14.7. The zero-order chi connectivity index (χ0) is 46.2. The lowest BCUT2D eigenvalue weighted by Crippen LogP contribution is -2.28. The highest BCUT2D eigenvalue weighted by Gasteiger charge is 2.46. The molecule has 0 radical (unpaired) electrons. The average molecular weight is 909 g/mol. The van der Waals surface area contributed by atoms with Crippen LogP contribution in [0.25, 0.3) is 81.0 Å². The van der Waals surface area contributed by atoms with E-state index in [1.54, 1.807) is 0 Å². The molecular weight excluding hydrogens is 865 g/mol. The van der Waals surface area contributed by atoms with Crippen LogP contribution in [0.1, 0.15) is 22.3 Å². The van der Waals surface area contributed by atoms with Crippen molar-refractivity contribution in [1.82, 2.24) is 4.57 Å². The predicted molar refractivity (Wildman–Crippen MR) is 297 cm³/mol. The first-order valence-corrected chi connectivity index (χ1v) is 24.9. The first kappa shape index (κ1) is 40.3. The topological polar surface area (TPSA) is 8.17 Å². The van der Waals surface area contributed by atoms with Gasteiger partial charge in [-0.2, -0.15) is 0 Å². The fourth-order valence-corrected chi connectivity index (χ4v) is 12.7. The summed E-state index contributed by atoms with van der Waals surface area (Å²) in [4.78, 5) is 2.42. The molecule has 70 heavy (non-hydrogen) atoms. The van der Waals surface area contributed by atoms with Gasteiger partial charge in [-0.25, -0.2) is 0 Å². The number of thiophene rings is 1. The molecule has 2 nitrogen and oxygen atoms in total. The Balaban J connectivity index is 0.880. The van der Waals surface area contributed by atoms with Crippen molar-refractivity contribution in [2.75, 3.05) is 4.90 Å². The molecule has 0 atom stereocenters. The van der Waals surface area contributed by atoms with Gasteiger partial charge in [-0.3, -0.25) is 0 Å². The van der Waals surface area contributed by atoms with E-state index in [9.17, 15) is 0 Å². The molecule has 2 aromatic heterocycles. The minimum atomic E-state index is -0.465. The summed E-state index contributed by atoms with van der Waals surface area (Å²) in [6.07, 6.45) is 0. The Hall–Kier alpha value is -8.76. The normalized spacial score (nSPS) is 12.7. The zero-order valence-corrected chi connectivity index (χ0v) is 39.0. The molecule has 0 saturated heterocycles. The minimum absolute atomic E-state index is 0.465. The van der Waals surface area contributed by atoms with E-state index in [1.165, 1.54) is 97.6 Å². The van der Waals surface area contributed by atoms with Crippen molar-refractivity contribution >= 4 is 70.4 Å². The molecule has 1 aliphatic carbocycles. The summed E-state index contributed by atoms with van der Waals surface area (Å²) < 4.78 is 5.01. The number of hydrogen-bond donors (Lipinski definition) is 0. The molecule has 0 amide bonds. The molecule has 11 aromatic carbocycles. The van der Waals surface area contributed by atoms with E-state index in [0.29, 0.717) is 0 Å². The van der Waals surface area contributed by atoms with E-state index in [0.717, 1.165) is 22.7 Å². The molecule has 3 heteroatoms. The Morgan fingerprint density at radius 1 is 0.314 bits per heavy atom. The van der Waals surface area contributed by atoms with E-state index in [2.05, 4.69) is 276 Å². The zero-order valence-electron chi connectivity index (χ0n) is 38.2. The SMILES string of the molecule is c1ccc(C2(c3ccccc3)c3ccccc3-c3cc(N(c4ccc(-c5ccc(-n6c7ccccc7c7ccccc76)cc5)cc4)c4ccc(-c5ccc6c(c5)sc5ccccc56)cc4)ccc32)cc1. The van der Waals surface area contributed by atoms with Gasteiger partial charge in [0.1, 0.15) is 0 Å². The monoisotopic (exact) mass is 908 g/mol. The van der Waals surface area contributed by atoms with E-state index in [4.69, 9.17) is 0 Å². The fraction of sp³-hybridized carbons (Fsp3) is 0.0149. The van der Waals surface area contributed by atoms with Crippen LogP contribution < -0.4 is 4.90 Å². The van der Waals surface area contributed by atoms with Crippen molar-refractivity contribution < 1.29 is 0 Å². The van der Waals surface area contributed by atoms with Gasteiger partial charge in [0.15, 0.2) is 0 Å². The second-order valence-corrected chi connectivity index (χ2v) is 19.5. The van der Waals surface area contributed by atoms with Crippen molar-refractivity contribution in [3.63, 3.8) is 0 Å². The maximum atomic E-state index is 2.42. The summed E-state index contributed by atoms with van der Waals surface area (Å²) in [6.45, 7) is 0. The molecule has 0 aliphatic heterocycles. The largest absolute Gasteiger partial charge is 0.310 e. The van der Waals surface area contributed by atoms with Crippen LogP contribution in [0.3, 0.4) is 0 Å². The first-order chi connectivity index (χ1) is 34.7. The lowest BCUT2D eigenvalue weighted by molar-refractivity contribution is 0.768. The molecule has 0 saturated carbocycles. The summed E-state index contributed by atoms with van der Waals surface area (Å²) in [5.41, 5.74) is 18.8. The number of nitrogens with zero attached hydrogens (tertiary/aromatic N) is 2. The second kappa shape index (κ2) is 16.2. The van der Waals surface area contributed by atoms with Crippen molar-refractivity contribution in [1.29, 1.82) is 0 Å². The molecule has 0 bridgehead atoms. The summed E-state index contributed by atoms with van der Waals surface area (Å²) in [5.74, 6) is 0. The van der Waals surface area contributed by atoms with Gasteiger partial charge < -0.3 is 9.47 Å². The first-order valence-electron chi connectivity index (χ1n) is 24.1. The Morgan fingerprint density at radius 2 is 0.786 bits per heavy atom. The summed E-state index contributed by atoms with van der Waals surface area (Å²) in [7, 11) is 0. The van der Waals surface area contributed by atoms with Gasteiger partial charge in [0.25, 0.3) is 0 Å². The van der Waals surface area contributed by atoms with Crippen LogP contribution >= 0.6 is 11.3 Å².